The van der Waals surface area contributed by atoms with Crippen LogP contribution in [0.1, 0.15) is 30.0 Å². The van der Waals surface area contributed by atoms with Crippen molar-refractivity contribution in [1.29, 1.82) is 0 Å². The maximum Gasteiger partial charge on any atom is 0.305 e. The van der Waals surface area contributed by atoms with Crippen LogP contribution in [-0.2, 0) is 30.3 Å². The lowest BCUT2D eigenvalue weighted by Crippen LogP contribution is -2.31. The van der Waals surface area contributed by atoms with E-state index in [0.717, 1.165) is 16.5 Å². The molecule has 0 N–H and O–H groups in total. The number of nitrogens with zero attached hydrogens (tertiary/aromatic N) is 1. The number of carbonyl (C=O) groups is 3. The molecule has 1 aliphatic rings. The zero-order valence-corrected chi connectivity index (χ0v) is 16.3. The number of hydrogen-bond acceptors (Lipinski definition) is 5. The highest BCUT2D eigenvalue weighted by Crippen LogP contribution is 2.41. The van der Waals surface area contributed by atoms with E-state index in [0.29, 0.717) is 17.5 Å². The van der Waals surface area contributed by atoms with E-state index in [9.17, 15) is 18.8 Å². The minimum absolute atomic E-state index is 0.183. The molecule has 0 spiro atoms. The van der Waals surface area contributed by atoms with Crippen molar-refractivity contribution in [3.8, 4) is 0 Å². The number of carbonyl (C=O) groups excluding carboxylic acids is 3. The number of methoxy groups -OCH3 is 2. The molecule has 0 unspecified atom stereocenters. The highest BCUT2D eigenvalue weighted by atomic mass is 19.1. The number of benzene rings is 2. The Balaban J connectivity index is 2.10. The first-order valence-electron chi connectivity index (χ1n) is 8.96. The van der Waals surface area contributed by atoms with E-state index in [1.165, 1.54) is 33.3 Å². The molecular formula is C22H20FNO5. The van der Waals surface area contributed by atoms with Crippen LogP contribution in [-0.4, -0.2) is 32.0 Å². The van der Waals surface area contributed by atoms with E-state index in [2.05, 4.69) is 4.74 Å². The monoisotopic (exact) mass is 397 g/mol. The van der Waals surface area contributed by atoms with Crippen LogP contribution >= 0.6 is 0 Å². The van der Waals surface area contributed by atoms with Gasteiger partial charge in [-0.05, 0) is 36.2 Å². The van der Waals surface area contributed by atoms with E-state index in [4.69, 9.17) is 4.74 Å². The van der Waals surface area contributed by atoms with Crippen molar-refractivity contribution in [2.24, 2.45) is 0 Å². The van der Waals surface area contributed by atoms with E-state index >= 15 is 0 Å². The Morgan fingerprint density at radius 1 is 1.07 bits per heavy atom. The number of esters is 1. The molecule has 0 bridgehead atoms. The highest BCUT2D eigenvalue weighted by Gasteiger charge is 2.38. The smallest absolute Gasteiger partial charge is 0.305 e. The van der Waals surface area contributed by atoms with Gasteiger partial charge >= 0.3 is 5.97 Å². The second-order valence-electron chi connectivity index (χ2n) is 6.51. The third-order valence-electron chi connectivity index (χ3n) is 4.67. The fraction of sp³-hybridized carbons (Fsp3) is 0.227. The number of amides is 2. The van der Waals surface area contributed by atoms with Gasteiger partial charge in [0, 0.05) is 24.5 Å². The molecule has 3 rings (SSSR count). The van der Waals surface area contributed by atoms with Crippen LogP contribution in [0.3, 0.4) is 0 Å². The quantitative estimate of drug-likeness (QED) is 0.440. The van der Waals surface area contributed by atoms with Crippen molar-refractivity contribution in [2.45, 2.75) is 19.8 Å². The van der Waals surface area contributed by atoms with Gasteiger partial charge in [-0.2, -0.15) is 0 Å². The predicted molar refractivity (Wildman–Crippen MR) is 105 cm³/mol. The Morgan fingerprint density at radius 2 is 1.83 bits per heavy atom. The molecule has 0 saturated heterocycles. The van der Waals surface area contributed by atoms with Gasteiger partial charge in [0.1, 0.15) is 11.6 Å². The third kappa shape index (κ3) is 3.89. The molecular weight excluding hydrogens is 377 g/mol. The molecule has 0 fully saturated rings. The molecule has 150 valence electrons. The molecule has 1 aliphatic heterocycles. The Kier molecular flexibility index (Phi) is 5.77. The Hall–Kier alpha value is -3.48. The maximum absolute atomic E-state index is 13.8. The number of hydrogen-bond donors (Lipinski definition) is 0. The van der Waals surface area contributed by atoms with Gasteiger partial charge in [-0.1, -0.05) is 18.2 Å². The minimum atomic E-state index is -0.574. The summed E-state index contributed by atoms with van der Waals surface area (Å²) in [7, 11) is 2.76. The summed E-state index contributed by atoms with van der Waals surface area (Å²) in [5.41, 5.74) is 2.26. The number of aryl methyl sites for hydroxylation is 1. The summed E-state index contributed by atoms with van der Waals surface area (Å²) in [4.78, 5) is 37.4. The highest BCUT2D eigenvalue weighted by molar-refractivity contribution is 6.42. The fourth-order valence-electron chi connectivity index (χ4n) is 3.35. The number of fused-ring (bicyclic) bond motifs is 1. The average molecular weight is 397 g/mol. The lowest BCUT2D eigenvalue weighted by Gasteiger charge is -2.13. The van der Waals surface area contributed by atoms with E-state index in [1.807, 2.05) is 12.1 Å². The standard InChI is InChI=1S/C22H20FNO5/c1-13(25)24-18-12-16(23)8-9-17(18)20(22(24)27)21(29-3)15-6-4-5-14(11-15)7-10-19(26)28-2/h4-6,8-9,11-12H,7,10H2,1-3H3. The van der Waals surface area contributed by atoms with Crippen LogP contribution in [0, 0.1) is 5.82 Å². The van der Waals surface area contributed by atoms with Crippen LogP contribution < -0.4 is 4.90 Å². The molecule has 0 aliphatic carbocycles. The van der Waals surface area contributed by atoms with E-state index < -0.39 is 17.6 Å². The van der Waals surface area contributed by atoms with Crippen molar-refractivity contribution in [3.05, 3.63) is 65.0 Å². The fourth-order valence-corrected chi connectivity index (χ4v) is 3.35. The van der Waals surface area contributed by atoms with E-state index in [-0.39, 0.29) is 29.4 Å². The number of rotatable bonds is 5. The van der Waals surface area contributed by atoms with Gasteiger partial charge in [-0.3, -0.25) is 14.4 Å². The number of halogens is 1. The Morgan fingerprint density at radius 3 is 2.48 bits per heavy atom. The number of anilines is 1. The Labute approximate surface area is 167 Å². The summed E-state index contributed by atoms with van der Waals surface area (Å²) in [5.74, 6) is -1.69. The summed E-state index contributed by atoms with van der Waals surface area (Å²) in [6.07, 6.45) is 0.681. The minimum Gasteiger partial charge on any atom is -0.495 e. The van der Waals surface area contributed by atoms with Crippen molar-refractivity contribution < 1.29 is 28.2 Å². The van der Waals surface area contributed by atoms with Gasteiger partial charge in [0.05, 0.1) is 25.5 Å². The number of ether oxygens (including phenoxy) is 2. The van der Waals surface area contributed by atoms with Crippen LogP contribution in [0.4, 0.5) is 10.1 Å². The predicted octanol–water partition coefficient (Wildman–Crippen LogP) is 3.34. The van der Waals surface area contributed by atoms with Gasteiger partial charge in [0.15, 0.2) is 0 Å². The van der Waals surface area contributed by atoms with Gasteiger partial charge < -0.3 is 9.47 Å². The van der Waals surface area contributed by atoms with Crippen molar-refractivity contribution in [2.75, 3.05) is 19.1 Å². The van der Waals surface area contributed by atoms with Gasteiger partial charge in [-0.25, -0.2) is 9.29 Å². The van der Waals surface area contributed by atoms with Crippen molar-refractivity contribution >= 4 is 34.8 Å². The first-order chi connectivity index (χ1) is 13.9. The molecule has 6 nitrogen and oxygen atoms in total. The second-order valence-corrected chi connectivity index (χ2v) is 6.51. The lowest BCUT2D eigenvalue weighted by atomic mass is 9.99. The molecule has 0 atom stereocenters. The number of imide groups is 1. The molecule has 0 radical (unpaired) electrons. The van der Waals surface area contributed by atoms with Gasteiger partial charge in [0.25, 0.3) is 5.91 Å². The summed E-state index contributed by atoms with van der Waals surface area (Å²) in [6.45, 7) is 1.25. The largest absolute Gasteiger partial charge is 0.495 e. The van der Waals surface area contributed by atoms with Crippen LogP contribution in [0.25, 0.3) is 11.3 Å². The summed E-state index contributed by atoms with van der Waals surface area (Å²) < 4.78 is 24.0. The van der Waals surface area contributed by atoms with E-state index in [1.54, 1.807) is 12.1 Å². The summed E-state index contributed by atoms with van der Waals surface area (Å²) in [5, 5.41) is 0. The van der Waals surface area contributed by atoms with Crippen LogP contribution in [0.2, 0.25) is 0 Å². The molecule has 2 amide bonds. The maximum atomic E-state index is 13.8. The SMILES string of the molecule is COC(=O)CCc1cccc(C(OC)=C2C(=O)N(C(C)=O)c3cc(F)ccc32)c1. The molecule has 7 heteroatoms. The summed E-state index contributed by atoms with van der Waals surface area (Å²) >= 11 is 0. The molecule has 2 aromatic carbocycles. The Bertz CT molecular complexity index is 1030. The molecule has 29 heavy (non-hydrogen) atoms. The lowest BCUT2D eigenvalue weighted by molar-refractivity contribution is -0.140. The second kappa shape index (κ2) is 8.26. The first kappa shape index (κ1) is 20.3. The topological polar surface area (TPSA) is 72.9 Å². The molecule has 1 heterocycles. The third-order valence-corrected chi connectivity index (χ3v) is 4.67. The van der Waals surface area contributed by atoms with Crippen LogP contribution in [0.15, 0.2) is 42.5 Å². The average Bonchev–Trinajstić information content (AvgIpc) is 2.98. The van der Waals surface area contributed by atoms with Gasteiger partial charge in [-0.15, -0.1) is 0 Å². The van der Waals surface area contributed by atoms with Gasteiger partial charge in [0.2, 0.25) is 5.91 Å². The van der Waals surface area contributed by atoms with Crippen molar-refractivity contribution in [1.82, 2.24) is 0 Å². The first-order valence-corrected chi connectivity index (χ1v) is 8.96. The molecule has 0 saturated carbocycles. The summed E-state index contributed by atoms with van der Waals surface area (Å²) in [6, 6.07) is 11.1. The normalized spacial score (nSPS) is 14.5. The van der Waals surface area contributed by atoms with Crippen molar-refractivity contribution in [3.63, 3.8) is 0 Å². The molecule has 2 aromatic rings. The zero-order chi connectivity index (χ0) is 21.1. The molecule has 0 aromatic heterocycles. The zero-order valence-electron chi connectivity index (χ0n) is 16.3. The van der Waals surface area contributed by atoms with Crippen LogP contribution in [0.5, 0.6) is 0 Å².